The van der Waals surface area contributed by atoms with Crippen LogP contribution in [0.4, 0.5) is 15.8 Å². The molecule has 2 aromatic rings. The molecule has 0 saturated heterocycles. The molecule has 0 aliphatic carbocycles. The molecule has 5 heteroatoms. The van der Waals surface area contributed by atoms with Crippen LogP contribution in [0.5, 0.6) is 0 Å². The second-order valence-corrected chi connectivity index (χ2v) is 5.71. The number of halogens is 2. The average Bonchev–Trinajstić information content (AvgIpc) is 2.40. The van der Waals surface area contributed by atoms with Crippen molar-refractivity contribution in [1.82, 2.24) is 0 Å². The lowest BCUT2D eigenvalue weighted by molar-refractivity contribution is -0.114. The zero-order valence-electron chi connectivity index (χ0n) is 11.8. The minimum Gasteiger partial charge on any atom is -0.378 e. The van der Waals surface area contributed by atoms with Crippen LogP contribution >= 0.6 is 15.9 Å². The molecule has 1 amide bonds. The summed E-state index contributed by atoms with van der Waals surface area (Å²) in [6.45, 7) is 3.36. The Morgan fingerprint density at radius 2 is 1.76 bits per heavy atom. The van der Waals surface area contributed by atoms with Gasteiger partial charge in [-0.05, 0) is 43.3 Å². The molecule has 0 radical (unpaired) electrons. The Kier molecular flexibility index (Phi) is 4.96. The summed E-state index contributed by atoms with van der Waals surface area (Å²) >= 11 is 3.24. The molecule has 0 fully saturated rings. The van der Waals surface area contributed by atoms with Gasteiger partial charge in [-0.1, -0.05) is 22.0 Å². The molecule has 21 heavy (non-hydrogen) atoms. The first kappa shape index (κ1) is 15.5. The van der Waals surface area contributed by atoms with E-state index < -0.39 is 0 Å². The molecule has 1 unspecified atom stereocenters. The number of hydrogen-bond acceptors (Lipinski definition) is 2. The predicted octanol–water partition coefficient (Wildman–Crippen LogP) is 4.72. The minimum absolute atomic E-state index is 0.110. The van der Waals surface area contributed by atoms with E-state index in [1.165, 1.54) is 13.0 Å². The highest BCUT2D eigenvalue weighted by Gasteiger charge is 2.11. The van der Waals surface area contributed by atoms with Crippen LogP contribution in [0.15, 0.2) is 46.9 Å². The molecule has 1 atom stereocenters. The van der Waals surface area contributed by atoms with Gasteiger partial charge in [0.15, 0.2) is 0 Å². The van der Waals surface area contributed by atoms with E-state index in [1.54, 1.807) is 18.2 Å². The molecular weight excluding hydrogens is 335 g/mol. The largest absolute Gasteiger partial charge is 0.378 e. The number of carbonyl (C=O) groups excluding carboxylic acids is 1. The van der Waals surface area contributed by atoms with E-state index in [9.17, 15) is 9.18 Å². The van der Waals surface area contributed by atoms with Crippen LogP contribution in [0.3, 0.4) is 0 Å². The topological polar surface area (TPSA) is 41.1 Å². The van der Waals surface area contributed by atoms with E-state index in [2.05, 4.69) is 26.6 Å². The third-order valence-corrected chi connectivity index (χ3v) is 3.51. The molecule has 0 aliphatic rings. The van der Waals surface area contributed by atoms with Crippen LogP contribution in [0.1, 0.15) is 25.5 Å². The lowest BCUT2D eigenvalue weighted by atomic mass is 10.1. The standard InChI is InChI=1S/C16H16BrFN2O/c1-10(15-8-3-12(17)9-16(15)18)19-13-4-6-14(7-5-13)20-11(2)21/h3-10,19H,1-2H3,(H,20,21). The summed E-state index contributed by atoms with van der Waals surface area (Å²) in [4.78, 5) is 11.0. The average molecular weight is 351 g/mol. The van der Waals surface area contributed by atoms with E-state index in [-0.39, 0.29) is 17.8 Å². The first-order chi connectivity index (χ1) is 9.95. The van der Waals surface area contributed by atoms with Crippen molar-refractivity contribution in [2.45, 2.75) is 19.9 Å². The van der Waals surface area contributed by atoms with Crippen LogP contribution in [-0.4, -0.2) is 5.91 Å². The van der Waals surface area contributed by atoms with Gasteiger partial charge in [0, 0.05) is 28.3 Å². The molecule has 2 aromatic carbocycles. The number of rotatable bonds is 4. The fourth-order valence-electron chi connectivity index (χ4n) is 2.03. The maximum absolute atomic E-state index is 13.9. The summed E-state index contributed by atoms with van der Waals surface area (Å²) in [5.74, 6) is -0.361. The Morgan fingerprint density at radius 3 is 2.33 bits per heavy atom. The van der Waals surface area contributed by atoms with Gasteiger partial charge < -0.3 is 10.6 Å². The highest BCUT2D eigenvalue weighted by atomic mass is 79.9. The van der Waals surface area contributed by atoms with Crippen molar-refractivity contribution >= 4 is 33.2 Å². The van der Waals surface area contributed by atoms with Crippen molar-refractivity contribution in [2.24, 2.45) is 0 Å². The summed E-state index contributed by atoms with van der Waals surface area (Å²) in [5.41, 5.74) is 2.19. The number of hydrogen-bond donors (Lipinski definition) is 2. The number of anilines is 2. The van der Waals surface area contributed by atoms with Crippen molar-refractivity contribution in [3.8, 4) is 0 Å². The second-order valence-electron chi connectivity index (χ2n) is 4.79. The van der Waals surface area contributed by atoms with Gasteiger partial charge in [0.1, 0.15) is 5.82 Å². The Balaban J connectivity index is 2.08. The van der Waals surface area contributed by atoms with Gasteiger partial charge in [-0.3, -0.25) is 4.79 Å². The predicted molar refractivity (Wildman–Crippen MR) is 86.9 cm³/mol. The molecule has 0 spiro atoms. The van der Waals surface area contributed by atoms with Crippen molar-refractivity contribution in [3.05, 3.63) is 58.3 Å². The quantitative estimate of drug-likeness (QED) is 0.837. The Hall–Kier alpha value is -1.88. The Morgan fingerprint density at radius 1 is 1.14 bits per heavy atom. The maximum atomic E-state index is 13.9. The zero-order valence-corrected chi connectivity index (χ0v) is 13.4. The normalized spacial score (nSPS) is 11.8. The van der Waals surface area contributed by atoms with Gasteiger partial charge in [-0.25, -0.2) is 4.39 Å². The van der Waals surface area contributed by atoms with Crippen LogP contribution in [0.2, 0.25) is 0 Å². The van der Waals surface area contributed by atoms with E-state index in [0.717, 1.165) is 15.8 Å². The summed E-state index contributed by atoms with van der Waals surface area (Å²) in [6, 6.07) is 12.1. The van der Waals surface area contributed by atoms with Crippen molar-refractivity contribution in [1.29, 1.82) is 0 Å². The fraction of sp³-hybridized carbons (Fsp3) is 0.188. The second kappa shape index (κ2) is 6.72. The fourth-order valence-corrected chi connectivity index (χ4v) is 2.37. The summed E-state index contributed by atoms with van der Waals surface area (Å²) in [6.07, 6.45) is 0. The van der Waals surface area contributed by atoms with Gasteiger partial charge in [0.05, 0.1) is 6.04 Å². The lowest BCUT2D eigenvalue weighted by Crippen LogP contribution is -2.09. The van der Waals surface area contributed by atoms with Gasteiger partial charge >= 0.3 is 0 Å². The van der Waals surface area contributed by atoms with Gasteiger partial charge in [-0.15, -0.1) is 0 Å². The Labute approximate surface area is 131 Å². The molecule has 3 nitrogen and oxygen atoms in total. The van der Waals surface area contributed by atoms with Crippen molar-refractivity contribution < 1.29 is 9.18 Å². The molecule has 0 heterocycles. The summed E-state index contributed by atoms with van der Waals surface area (Å²) < 4.78 is 14.6. The van der Waals surface area contributed by atoms with Crippen LogP contribution in [-0.2, 0) is 4.79 Å². The molecule has 0 aromatic heterocycles. The molecule has 0 aliphatic heterocycles. The van der Waals surface area contributed by atoms with E-state index in [1.807, 2.05) is 25.1 Å². The smallest absolute Gasteiger partial charge is 0.221 e. The first-order valence-corrected chi connectivity index (χ1v) is 7.34. The first-order valence-electron chi connectivity index (χ1n) is 6.55. The summed E-state index contributed by atoms with van der Waals surface area (Å²) in [7, 11) is 0. The van der Waals surface area contributed by atoms with E-state index in [4.69, 9.17) is 0 Å². The summed E-state index contributed by atoms with van der Waals surface area (Å²) in [5, 5.41) is 5.93. The minimum atomic E-state index is -0.251. The Bertz CT molecular complexity index is 643. The van der Waals surface area contributed by atoms with Crippen molar-refractivity contribution in [2.75, 3.05) is 10.6 Å². The maximum Gasteiger partial charge on any atom is 0.221 e. The van der Waals surface area contributed by atoms with Crippen LogP contribution in [0.25, 0.3) is 0 Å². The number of amides is 1. The number of carbonyl (C=O) groups is 1. The SMILES string of the molecule is CC(=O)Nc1ccc(NC(C)c2ccc(Br)cc2F)cc1. The molecule has 0 bridgehead atoms. The van der Waals surface area contributed by atoms with E-state index >= 15 is 0 Å². The van der Waals surface area contributed by atoms with Crippen LogP contribution in [0, 0.1) is 5.82 Å². The molecular formula is C16H16BrFN2O. The van der Waals surface area contributed by atoms with Gasteiger partial charge in [0.25, 0.3) is 0 Å². The number of nitrogens with one attached hydrogen (secondary N) is 2. The highest BCUT2D eigenvalue weighted by molar-refractivity contribution is 9.10. The third-order valence-electron chi connectivity index (χ3n) is 3.02. The van der Waals surface area contributed by atoms with Crippen LogP contribution < -0.4 is 10.6 Å². The van der Waals surface area contributed by atoms with Gasteiger partial charge in [0.2, 0.25) is 5.91 Å². The lowest BCUT2D eigenvalue weighted by Gasteiger charge is -2.17. The third kappa shape index (κ3) is 4.29. The highest BCUT2D eigenvalue weighted by Crippen LogP contribution is 2.24. The van der Waals surface area contributed by atoms with Crippen molar-refractivity contribution in [3.63, 3.8) is 0 Å². The monoisotopic (exact) mass is 350 g/mol. The van der Waals surface area contributed by atoms with Gasteiger partial charge in [-0.2, -0.15) is 0 Å². The molecule has 0 saturated carbocycles. The number of benzene rings is 2. The molecule has 2 N–H and O–H groups in total. The molecule has 110 valence electrons. The molecule has 2 rings (SSSR count). The van der Waals surface area contributed by atoms with E-state index in [0.29, 0.717) is 5.56 Å². The zero-order chi connectivity index (χ0) is 15.4.